The van der Waals surface area contributed by atoms with E-state index in [4.69, 9.17) is 4.74 Å². The Bertz CT molecular complexity index is 1180. The number of nitrogens with zero attached hydrogens (tertiary/aromatic N) is 1. The lowest BCUT2D eigenvalue weighted by atomic mass is 9.93. The number of amides is 3. The van der Waals surface area contributed by atoms with Gasteiger partial charge in [-0.15, -0.1) is 0 Å². The Hall–Kier alpha value is -3.55. The van der Waals surface area contributed by atoms with Gasteiger partial charge in [-0.05, 0) is 97.6 Å². The summed E-state index contributed by atoms with van der Waals surface area (Å²) >= 11 is 0. The summed E-state index contributed by atoms with van der Waals surface area (Å²) in [5, 5.41) is 15.6. The molecule has 0 radical (unpaired) electrons. The van der Waals surface area contributed by atoms with Crippen molar-refractivity contribution in [1.29, 1.82) is 0 Å². The van der Waals surface area contributed by atoms with Crippen LogP contribution in [0.25, 0.3) is 0 Å². The van der Waals surface area contributed by atoms with Gasteiger partial charge >= 0.3 is 6.09 Å². The van der Waals surface area contributed by atoms with E-state index < -0.39 is 35.2 Å². The van der Waals surface area contributed by atoms with Gasteiger partial charge in [0.1, 0.15) is 23.4 Å². The van der Waals surface area contributed by atoms with E-state index >= 15 is 0 Å². The van der Waals surface area contributed by atoms with Gasteiger partial charge in [0.2, 0.25) is 11.8 Å². The number of carbonyl (C=O) groups is 3. The lowest BCUT2D eigenvalue weighted by molar-refractivity contribution is -0.145. The van der Waals surface area contributed by atoms with Crippen LogP contribution < -0.4 is 10.6 Å². The molecule has 8 nitrogen and oxygen atoms in total. The van der Waals surface area contributed by atoms with Crippen LogP contribution in [-0.4, -0.2) is 51.1 Å². The lowest BCUT2D eigenvalue weighted by Crippen LogP contribution is -2.57. The number of carbonyl (C=O) groups excluding carboxylic acids is 3. The van der Waals surface area contributed by atoms with Crippen molar-refractivity contribution < 1.29 is 24.2 Å². The molecular weight excluding hydrogens is 506 g/mol. The smallest absolute Gasteiger partial charge is 0.408 e. The van der Waals surface area contributed by atoms with Crippen molar-refractivity contribution >= 4 is 17.9 Å². The summed E-state index contributed by atoms with van der Waals surface area (Å²) in [6.45, 7) is 18.7. The second-order valence-corrected chi connectivity index (χ2v) is 12.6. The minimum atomic E-state index is -1.02. The fourth-order valence-corrected chi connectivity index (χ4v) is 4.48. The Morgan fingerprint density at radius 3 is 2.08 bits per heavy atom. The number of hydrogen-bond donors (Lipinski definition) is 3. The molecule has 40 heavy (non-hydrogen) atoms. The highest BCUT2D eigenvalue weighted by Crippen LogP contribution is 2.30. The quantitative estimate of drug-likeness (QED) is 0.368. The number of phenolic OH excluding ortho intramolecular Hbond substituents is 1. The van der Waals surface area contributed by atoms with E-state index in [0.29, 0.717) is 6.42 Å². The van der Waals surface area contributed by atoms with E-state index in [1.165, 1.54) is 12.1 Å². The summed E-state index contributed by atoms with van der Waals surface area (Å²) in [5.41, 5.74) is 2.11. The average Bonchev–Trinajstić information content (AvgIpc) is 2.81. The standard InChI is InChI=1S/C32H47N3O5/c1-11-22(4)35(27(28(37)34-31(5,6)7)25-17-12-20(2)18-21(25)3)29(38)26(33-30(39)40-32(8,9)10)19-23-13-15-24(36)16-14-23/h12-18,22,26-27,36H,11,19H2,1-10H3,(H,33,39)(H,34,37). The summed E-state index contributed by atoms with van der Waals surface area (Å²) in [7, 11) is 0. The van der Waals surface area contributed by atoms with Gasteiger partial charge in [-0.1, -0.05) is 42.8 Å². The molecule has 3 N–H and O–H groups in total. The zero-order chi connectivity index (χ0) is 30.4. The second kappa shape index (κ2) is 13.2. The molecule has 0 saturated heterocycles. The maximum Gasteiger partial charge on any atom is 0.408 e. The highest BCUT2D eigenvalue weighted by Gasteiger charge is 2.40. The monoisotopic (exact) mass is 553 g/mol. The molecule has 3 amide bonds. The lowest BCUT2D eigenvalue weighted by Gasteiger charge is -2.40. The first-order valence-corrected chi connectivity index (χ1v) is 13.9. The zero-order valence-corrected chi connectivity index (χ0v) is 25.7. The van der Waals surface area contributed by atoms with Gasteiger partial charge in [-0.3, -0.25) is 9.59 Å². The molecule has 3 unspecified atom stereocenters. The molecule has 0 aliphatic carbocycles. The van der Waals surface area contributed by atoms with Crippen LogP contribution in [0.4, 0.5) is 4.79 Å². The SMILES string of the molecule is CCC(C)N(C(=O)C(Cc1ccc(O)cc1)NC(=O)OC(C)(C)C)C(C(=O)NC(C)(C)C)c1ccc(C)cc1C. The first-order chi connectivity index (χ1) is 18.4. The van der Waals surface area contributed by atoms with Crippen molar-refractivity contribution in [2.45, 2.75) is 111 Å². The molecular formula is C32H47N3O5. The Morgan fingerprint density at radius 2 is 1.57 bits per heavy atom. The van der Waals surface area contributed by atoms with Crippen LogP contribution in [0.15, 0.2) is 42.5 Å². The third kappa shape index (κ3) is 9.57. The van der Waals surface area contributed by atoms with Crippen molar-refractivity contribution in [3.63, 3.8) is 0 Å². The van der Waals surface area contributed by atoms with Gasteiger partial charge in [-0.2, -0.15) is 0 Å². The number of aryl methyl sites for hydroxylation is 2. The van der Waals surface area contributed by atoms with Crippen LogP contribution >= 0.6 is 0 Å². The molecule has 3 atom stereocenters. The van der Waals surface area contributed by atoms with Gasteiger partial charge in [0, 0.05) is 18.0 Å². The molecule has 0 bridgehead atoms. The minimum Gasteiger partial charge on any atom is -0.508 e. The fourth-order valence-electron chi connectivity index (χ4n) is 4.48. The molecule has 8 heteroatoms. The Kier molecular flexibility index (Phi) is 10.8. The average molecular weight is 554 g/mol. The van der Waals surface area contributed by atoms with Crippen LogP contribution in [0.1, 0.15) is 90.1 Å². The molecule has 0 heterocycles. The van der Waals surface area contributed by atoms with Crippen molar-refractivity contribution in [1.82, 2.24) is 15.5 Å². The van der Waals surface area contributed by atoms with Crippen molar-refractivity contribution in [3.05, 3.63) is 64.7 Å². The van der Waals surface area contributed by atoms with Gasteiger partial charge in [0.05, 0.1) is 0 Å². The van der Waals surface area contributed by atoms with Crippen LogP contribution in [0.5, 0.6) is 5.75 Å². The van der Waals surface area contributed by atoms with Crippen LogP contribution in [-0.2, 0) is 20.7 Å². The third-order valence-electron chi connectivity index (χ3n) is 6.43. The highest BCUT2D eigenvalue weighted by atomic mass is 16.6. The van der Waals surface area contributed by atoms with Crippen molar-refractivity contribution in [2.24, 2.45) is 0 Å². The molecule has 2 rings (SSSR count). The van der Waals surface area contributed by atoms with Crippen LogP contribution in [0, 0.1) is 13.8 Å². The Labute approximate surface area is 239 Å². The zero-order valence-electron chi connectivity index (χ0n) is 25.7. The molecule has 0 aliphatic rings. The summed E-state index contributed by atoms with van der Waals surface area (Å²) in [4.78, 5) is 43.0. The van der Waals surface area contributed by atoms with E-state index in [-0.39, 0.29) is 24.1 Å². The maximum atomic E-state index is 14.5. The number of alkyl carbamates (subject to hydrolysis) is 1. The number of aromatic hydroxyl groups is 1. The molecule has 0 spiro atoms. The largest absolute Gasteiger partial charge is 0.508 e. The maximum absolute atomic E-state index is 14.5. The predicted octanol–water partition coefficient (Wildman–Crippen LogP) is 5.73. The van der Waals surface area contributed by atoms with Gasteiger partial charge < -0.3 is 25.4 Å². The number of benzene rings is 2. The summed E-state index contributed by atoms with van der Waals surface area (Å²) in [6, 6.07) is 10.0. The first kappa shape index (κ1) is 32.7. The van der Waals surface area contributed by atoms with Crippen LogP contribution in [0.2, 0.25) is 0 Å². The second-order valence-electron chi connectivity index (χ2n) is 12.6. The molecule has 0 aromatic heterocycles. The number of ether oxygens (including phenoxy) is 1. The molecule has 220 valence electrons. The van der Waals surface area contributed by atoms with Crippen LogP contribution in [0.3, 0.4) is 0 Å². The number of rotatable bonds is 9. The minimum absolute atomic E-state index is 0.0988. The molecule has 0 saturated carbocycles. The van der Waals surface area contributed by atoms with E-state index in [2.05, 4.69) is 10.6 Å². The molecule has 2 aromatic carbocycles. The third-order valence-corrected chi connectivity index (χ3v) is 6.43. The topological polar surface area (TPSA) is 108 Å². The fraction of sp³-hybridized carbons (Fsp3) is 0.531. The van der Waals surface area contributed by atoms with Crippen molar-refractivity contribution in [2.75, 3.05) is 0 Å². The predicted molar refractivity (Wildman–Crippen MR) is 158 cm³/mol. The summed E-state index contributed by atoms with van der Waals surface area (Å²) in [5.74, 6) is -0.599. The molecule has 0 fully saturated rings. The summed E-state index contributed by atoms with van der Waals surface area (Å²) in [6.07, 6.45) is 0.0102. The summed E-state index contributed by atoms with van der Waals surface area (Å²) < 4.78 is 5.49. The van der Waals surface area contributed by atoms with E-state index in [9.17, 15) is 19.5 Å². The van der Waals surface area contributed by atoms with Gasteiger partial charge in [0.15, 0.2) is 0 Å². The van der Waals surface area contributed by atoms with Crippen molar-refractivity contribution in [3.8, 4) is 5.75 Å². The van der Waals surface area contributed by atoms with Gasteiger partial charge in [0.25, 0.3) is 0 Å². The Balaban J connectivity index is 2.66. The normalized spacial score (nSPS) is 14.1. The number of nitrogens with one attached hydrogen (secondary N) is 2. The van der Waals surface area contributed by atoms with Gasteiger partial charge in [-0.25, -0.2) is 4.79 Å². The number of phenols is 1. The molecule has 2 aromatic rings. The number of hydrogen-bond acceptors (Lipinski definition) is 5. The van der Waals surface area contributed by atoms with E-state index in [1.807, 2.05) is 66.7 Å². The van der Waals surface area contributed by atoms with E-state index in [0.717, 1.165) is 22.3 Å². The van der Waals surface area contributed by atoms with E-state index in [1.54, 1.807) is 37.8 Å². The Morgan fingerprint density at radius 1 is 0.975 bits per heavy atom. The molecule has 0 aliphatic heterocycles. The first-order valence-electron chi connectivity index (χ1n) is 13.9. The highest BCUT2D eigenvalue weighted by molar-refractivity contribution is 5.93.